The van der Waals surface area contributed by atoms with Crippen LogP contribution in [0.5, 0.6) is 0 Å². The molecule has 0 saturated carbocycles. The molecule has 0 spiro atoms. The van der Waals surface area contributed by atoms with Gasteiger partial charge in [-0.05, 0) is 13.3 Å². The first-order valence-corrected chi connectivity index (χ1v) is 8.20. The summed E-state index contributed by atoms with van der Waals surface area (Å²) in [7, 11) is -0.726. The van der Waals surface area contributed by atoms with Crippen LogP contribution in [0.2, 0.25) is 0 Å². The summed E-state index contributed by atoms with van der Waals surface area (Å²) in [5.74, 6) is 1.59. The molecule has 1 aromatic heterocycles. The molecule has 0 amide bonds. The first-order chi connectivity index (χ1) is 7.79. The highest BCUT2D eigenvalue weighted by atomic mass is 32.2. The van der Waals surface area contributed by atoms with E-state index in [9.17, 15) is 4.21 Å². The van der Waals surface area contributed by atoms with E-state index in [4.69, 9.17) is 0 Å². The van der Waals surface area contributed by atoms with Crippen molar-refractivity contribution in [1.29, 1.82) is 0 Å². The molecule has 0 radical (unpaired) electrons. The van der Waals surface area contributed by atoms with Crippen molar-refractivity contribution in [2.45, 2.75) is 45.6 Å². The summed E-state index contributed by atoms with van der Waals surface area (Å²) in [6.45, 7) is 8.37. The van der Waals surface area contributed by atoms with Crippen LogP contribution >= 0.6 is 11.5 Å². The van der Waals surface area contributed by atoms with E-state index in [0.717, 1.165) is 23.1 Å². The van der Waals surface area contributed by atoms with Crippen molar-refractivity contribution in [3.63, 3.8) is 0 Å². The molecular formula is C11H21N3OS2. The molecular weight excluding hydrogens is 254 g/mol. The van der Waals surface area contributed by atoms with Gasteiger partial charge in [0.2, 0.25) is 5.13 Å². The fourth-order valence-electron chi connectivity index (χ4n) is 1.21. The Hall–Kier alpha value is -0.490. The van der Waals surface area contributed by atoms with Gasteiger partial charge in [0.05, 0.1) is 0 Å². The zero-order valence-corrected chi connectivity index (χ0v) is 12.7. The number of aromatic nitrogens is 2. The molecule has 0 fully saturated rings. The molecule has 6 heteroatoms. The molecule has 2 atom stereocenters. The minimum Gasteiger partial charge on any atom is -0.358 e. The Morgan fingerprint density at radius 2 is 2.12 bits per heavy atom. The Bertz CT molecular complexity index is 384. The van der Waals surface area contributed by atoms with Gasteiger partial charge in [0.15, 0.2) is 0 Å². The summed E-state index contributed by atoms with van der Waals surface area (Å²) in [6, 6.07) is 0.277. The zero-order valence-electron chi connectivity index (χ0n) is 11.1. The van der Waals surface area contributed by atoms with Gasteiger partial charge in [0.25, 0.3) is 0 Å². The van der Waals surface area contributed by atoms with E-state index in [1.54, 1.807) is 6.26 Å². The largest absolute Gasteiger partial charge is 0.358 e. The van der Waals surface area contributed by atoms with E-state index in [1.165, 1.54) is 11.5 Å². The van der Waals surface area contributed by atoms with E-state index in [1.807, 2.05) is 0 Å². The molecule has 17 heavy (non-hydrogen) atoms. The summed E-state index contributed by atoms with van der Waals surface area (Å²) in [5, 5.41) is 4.15. The number of rotatable bonds is 5. The molecule has 0 aromatic carbocycles. The Morgan fingerprint density at radius 3 is 2.59 bits per heavy atom. The fourth-order valence-corrected chi connectivity index (χ4v) is 2.77. The molecule has 4 nitrogen and oxygen atoms in total. The minimum atomic E-state index is -0.726. The Morgan fingerprint density at radius 1 is 1.47 bits per heavy atom. The van der Waals surface area contributed by atoms with Gasteiger partial charge in [-0.25, -0.2) is 4.98 Å². The second kappa shape index (κ2) is 5.91. The van der Waals surface area contributed by atoms with Crippen LogP contribution in [0.15, 0.2) is 0 Å². The third-order valence-corrected chi connectivity index (χ3v) is 3.76. The standard InChI is InChI=1S/C11H21N3OS2/c1-8(6-7-17(5)15)12-10-13-9(14-16-10)11(2,3)4/h8H,6-7H2,1-5H3,(H,12,13,14). The van der Waals surface area contributed by atoms with E-state index < -0.39 is 10.8 Å². The molecule has 0 aliphatic rings. The maximum absolute atomic E-state index is 11.0. The van der Waals surface area contributed by atoms with Crippen LogP contribution < -0.4 is 5.32 Å². The monoisotopic (exact) mass is 275 g/mol. The lowest BCUT2D eigenvalue weighted by molar-refractivity contribution is 0.555. The molecule has 98 valence electrons. The van der Waals surface area contributed by atoms with Crippen LogP contribution in [0, 0.1) is 0 Å². The molecule has 1 heterocycles. The van der Waals surface area contributed by atoms with Crippen molar-refractivity contribution in [1.82, 2.24) is 9.36 Å². The lowest BCUT2D eigenvalue weighted by atomic mass is 9.96. The molecule has 0 saturated heterocycles. The highest BCUT2D eigenvalue weighted by molar-refractivity contribution is 7.84. The quantitative estimate of drug-likeness (QED) is 0.896. The second-order valence-corrected chi connectivity index (χ2v) is 7.59. The van der Waals surface area contributed by atoms with Crippen molar-refractivity contribution in [3.8, 4) is 0 Å². The molecule has 1 rings (SSSR count). The van der Waals surface area contributed by atoms with Gasteiger partial charge in [0, 0.05) is 45.8 Å². The van der Waals surface area contributed by atoms with Gasteiger partial charge < -0.3 is 5.32 Å². The molecule has 0 aliphatic heterocycles. The van der Waals surface area contributed by atoms with Crippen molar-refractivity contribution in [2.75, 3.05) is 17.3 Å². The highest BCUT2D eigenvalue weighted by Gasteiger charge is 2.19. The van der Waals surface area contributed by atoms with Crippen LogP contribution in [0.3, 0.4) is 0 Å². The molecule has 2 unspecified atom stereocenters. The number of anilines is 1. The summed E-state index contributed by atoms with van der Waals surface area (Å²) in [4.78, 5) is 4.47. The predicted octanol–water partition coefficient (Wildman–Crippen LogP) is 2.40. The Balaban J connectivity index is 2.52. The SMILES string of the molecule is CC(CCS(C)=O)Nc1nc(C(C)(C)C)ns1. The van der Waals surface area contributed by atoms with Crippen molar-refractivity contribution in [2.24, 2.45) is 0 Å². The van der Waals surface area contributed by atoms with Crippen LogP contribution in [-0.4, -0.2) is 31.6 Å². The number of nitrogens with one attached hydrogen (secondary N) is 1. The molecule has 0 bridgehead atoms. The summed E-state index contributed by atoms with van der Waals surface area (Å²) in [5.41, 5.74) is -0.00934. The normalized spacial score (nSPS) is 15.6. The summed E-state index contributed by atoms with van der Waals surface area (Å²) >= 11 is 1.39. The first-order valence-electron chi connectivity index (χ1n) is 5.70. The summed E-state index contributed by atoms with van der Waals surface area (Å²) in [6.07, 6.45) is 2.61. The van der Waals surface area contributed by atoms with E-state index >= 15 is 0 Å². The van der Waals surface area contributed by atoms with Gasteiger partial charge >= 0.3 is 0 Å². The number of hydrogen-bond donors (Lipinski definition) is 1. The van der Waals surface area contributed by atoms with Crippen molar-refractivity contribution < 1.29 is 4.21 Å². The lowest BCUT2D eigenvalue weighted by Gasteiger charge is -2.13. The smallest absolute Gasteiger partial charge is 0.202 e. The maximum atomic E-state index is 11.0. The summed E-state index contributed by atoms with van der Waals surface area (Å²) < 4.78 is 15.3. The zero-order chi connectivity index (χ0) is 13.1. The number of hydrogen-bond acceptors (Lipinski definition) is 5. The third kappa shape index (κ3) is 5.12. The average Bonchev–Trinajstić information content (AvgIpc) is 2.62. The third-order valence-electron chi connectivity index (χ3n) is 2.31. The minimum absolute atomic E-state index is 0.00934. The van der Waals surface area contributed by atoms with E-state index in [2.05, 4.69) is 42.4 Å². The maximum Gasteiger partial charge on any atom is 0.202 e. The first kappa shape index (κ1) is 14.6. The molecule has 0 aliphatic carbocycles. The predicted molar refractivity (Wildman–Crippen MR) is 75.2 cm³/mol. The molecule has 1 N–H and O–H groups in total. The topological polar surface area (TPSA) is 54.9 Å². The van der Waals surface area contributed by atoms with Gasteiger partial charge in [-0.2, -0.15) is 4.37 Å². The van der Waals surface area contributed by atoms with Gasteiger partial charge in [-0.3, -0.25) is 4.21 Å². The van der Waals surface area contributed by atoms with Crippen molar-refractivity contribution in [3.05, 3.63) is 5.82 Å². The van der Waals surface area contributed by atoms with Gasteiger partial charge in [-0.15, -0.1) is 0 Å². The van der Waals surface area contributed by atoms with Gasteiger partial charge in [-0.1, -0.05) is 20.8 Å². The molecule has 1 aromatic rings. The van der Waals surface area contributed by atoms with E-state index in [-0.39, 0.29) is 11.5 Å². The highest BCUT2D eigenvalue weighted by Crippen LogP contribution is 2.23. The van der Waals surface area contributed by atoms with Crippen LogP contribution in [0.4, 0.5) is 5.13 Å². The Labute approximate surface area is 110 Å². The second-order valence-electron chi connectivity index (χ2n) is 5.28. The fraction of sp³-hybridized carbons (Fsp3) is 0.818. The van der Waals surface area contributed by atoms with Crippen LogP contribution in [-0.2, 0) is 16.2 Å². The number of nitrogens with zero attached hydrogens (tertiary/aromatic N) is 2. The Kier molecular flexibility index (Phi) is 5.06. The van der Waals surface area contributed by atoms with Crippen molar-refractivity contribution >= 4 is 27.5 Å². The van der Waals surface area contributed by atoms with Gasteiger partial charge in [0.1, 0.15) is 5.82 Å². The van der Waals surface area contributed by atoms with Crippen LogP contribution in [0.1, 0.15) is 39.9 Å². The average molecular weight is 275 g/mol. The van der Waals surface area contributed by atoms with Crippen LogP contribution in [0.25, 0.3) is 0 Å². The van der Waals surface area contributed by atoms with E-state index in [0.29, 0.717) is 0 Å². The lowest BCUT2D eigenvalue weighted by Crippen LogP contribution is -2.18.